The zero-order valence-corrected chi connectivity index (χ0v) is 15.4. The van der Waals surface area contributed by atoms with Crippen LogP contribution in [0.25, 0.3) is 0 Å². The van der Waals surface area contributed by atoms with E-state index in [0.29, 0.717) is 12.8 Å². The Hall–Kier alpha value is -1.35. The summed E-state index contributed by atoms with van der Waals surface area (Å²) in [7, 11) is 0. The van der Waals surface area contributed by atoms with Gasteiger partial charge in [-0.25, -0.2) is 0 Å². The molecule has 0 radical (unpaired) electrons. The van der Waals surface area contributed by atoms with Crippen molar-refractivity contribution in [3.63, 3.8) is 0 Å². The van der Waals surface area contributed by atoms with Gasteiger partial charge in [0.1, 0.15) is 0 Å². The molecule has 1 amide bonds. The molecular formula is C21H35NO2. The van der Waals surface area contributed by atoms with Crippen LogP contribution in [0, 0.1) is 0 Å². The number of unbranched alkanes of at least 4 members (excludes halogenated alkanes) is 9. The monoisotopic (exact) mass is 333 g/mol. The lowest BCUT2D eigenvalue weighted by molar-refractivity contribution is -0.116. The Morgan fingerprint density at radius 3 is 1.96 bits per heavy atom. The Kier molecular flexibility index (Phi) is 12.1. The van der Waals surface area contributed by atoms with E-state index in [9.17, 15) is 4.79 Å². The van der Waals surface area contributed by atoms with Crippen molar-refractivity contribution >= 4 is 11.6 Å². The maximum atomic E-state index is 11.9. The van der Waals surface area contributed by atoms with Crippen LogP contribution < -0.4 is 5.32 Å². The minimum absolute atomic E-state index is 0.101. The first-order chi connectivity index (χ1) is 11.8. The summed E-state index contributed by atoms with van der Waals surface area (Å²) < 4.78 is 0. The summed E-state index contributed by atoms with van der Waals surface area (Å²) >= 11 is 0. The van der Waals surface area contributed by atoms with Crippen LogP contribution in [0.2, 0.25) is 0 Å². The summed E-state index contributed by atoms with van der Waals surface area (Å²) in [6, 6.07) is 7.71. The van der Waals surface area contributed by atoms with Gasteiger partial charge in [0.25, 0.3) is 0 Å². The Labute approximate surface area is 147 Å². The molecule has 1 rings (SSSR count). The fourth-order valence-corrected chi connectivity index (χ4v) is 2.88. The molecule has 136 valence electrons. The molecule has 24 heavy (non-hydrogen) atoms. The molecule has 0 saturated carbocycles. The second-order valence-corrected chi connectivity index (χ2v) is 6.65. The van der Waals surface area contributed by atoms with E-state index in [-0.39, 0.29) is 12.5 Å². The number of amides is 1. The summed E-state index contributed by atoms with van der Waals surface area (Å²) in [4.78, 5) is 11.9. The van der Waals surface area contributed by atoms with E-state index in [0.717, 1.165) is 24.1 Å². The lowest BCUT2D eigenvalue weighted by atomic mass is 10.1. The summed E-state index contributed by atoms with van der Waals surface area (Å²) in [5.74, 6) is 0.101. The fourth-order valence-electron chi connectivity index (χ4n) is 2.88. The molecule has 0 aromatic heterocycles. The molecular weight excluding hydrogens is 298 g/mol. The minimum atomic E-state index is 0.101. The van der Waals surface area contributed by atoms with Gasteiger partial charge in [0.2, 0.25) is 5.91 Å². The molecule has 0 aliphatic rings. The minimum Gasteiger partial charge on any atom is -0.396 e. The molecule has 0 heterocycles. The maximum Gasteiger partial charge on any atom is 0.224 e. The van der Waals surface area contributed by atoms with Crippen LogP contribution in [0.3, 0.4) is 0 Å². The third kappa shape index (κ3) is 10.4. The SMILES string of the molecule is CCCCCCCCCCCCC(=O)Nc1ccc(CCO)cc1. The smallest absolute Gasteiger partial charge is 0.224 e. The number of anilines is 1. The van der Waals surface area contributed by atoms with Gasteiger partial charge in [0.05, 0.1) is 0 Å². The first kappa shape index (κ1) is 20.7. The molecule has 0 unspecified atom stereocenters. The van der Waals surface area contributed by atoms with Crippen LogP contribution in [-0.2, 0) is 11.2 Å². The number of aliphatic hydroxyl groups excluding tert-OH is 1. The van der Waals surface area contributed by atoms with Crippen LogP contribution >= 0.6 is 0 Å². The highest BCUT2D eigenvalue weighted by Crippen LogP contribution is 2.13. The van der Waals surface area contributed by atoms with Crippen molar-refractivity contribution in [1.82, 2.24) is 0 Å². The van der Waals surface area contributed by atoms with Crippen LogP contribution in [0.4, 0.5) is 5.69 Å². The van der Waals surface area contributed by atoms with Crippen molar-refractivity contribution in [2.75, 3.05) is 11.9 Å². The van der Waals surface area contributed by atoms with Crippen LogP contribution in [0.15, 0.2) is 24.3 Å². The Morgan fingerprint density at radius 1 is 0.875 bits per heavy atom. The molecule has 0 saturated heterocycles. The summed E-state index contributed by atoms with van der Waals surface area (Å²) in [6.07, 6.45) is 14.1. The molecule has 1 aromatic rings. The normalized spacial score (nSPS) is 10.8. The molecule has 0 spiro atoms. The van der Waals surface area contributed by atoms with Crippen molar-refractivity contribution in [1.29, 1.82) is 0 Å². The van der Waals surface area contributed by atoms with E-state index in [4.69, 9.17) is 5.11 Å². The third-order valence-corrected chi connectivity index (χ3v) is 4.40. The highest BCUT2D eigenvalue weighted by Gasteiger charge is 2.02. The van der Waals surface area contributed by atoms with E-state index >= 15 is 0 Å². The van der Waals surface area contributed by atoms with Gasteiger partial charge in [0, 0.05) is 18.7 Å². The fraction of sp³-hybridized carbons (Fsp3) is 0.667. The molecule has 0 bridgehead atoms. The van der Waals surface area contributed by atoms with E-state index in [1.54, 1.807) is 0 Å². The maximum absolute atomic E-state index is 11.9. The summed E-state index contributed by atoms with van der Waals surface area (Å²) in [6.45, 7) is 2.41. The number of carbonyl (C=O) groups excluding carboxylic acids is 1. The number of carbonyl (C=O) groups is 1. The van der Waals surface area contributed by atoms with E-state index < -0.39 is 0 Å². The Balaban J connectivity index is 2.00. The molecule has 1 aromatic carbocycles. The summed E-state index contributed by atoms with van der Waals surface area (Å²) in [5, 5.41) is 11.8. The van der Waals surface area contributed by atoms with Gasteiger partial charge >= 0.3 is 0 Å². The van der Waals surface area contributed by atoms with E-state index in [2.05, 4.69) is 12.2 Å². The third-order valence-electron chi connectivity index (χ3n) is 4.40. The van der Waals surface area contributed by atoms with Gasteiger partial charge in [-0.1, -0.05) is 76.8 Å². The quantitative estimate of drug-likeness (QED) is 0.443. The molecule has 3 heteroatoms. The van der Waals surface area contributed by atoms with Crippen molar-refractivity contribution < 1.29 is 9.90 Å². The zero-order valence-electron chi connectivity index (χ0n) is 15.4. The van der Waals surface area contributed by atoms with Crippen LogP contribution in [0.1, 0.15) is 83.1 Å². The second kappa shape index (κ2) is 14.0. The predicted octanol–water partition coefficient (Wildman–Crippen LogP) is 5.47. The Morgan fingerprint density at radius 2 is 1.42 bits per heavy atom. The molecule has 2 N–H and O–H groups in total. The van der Waals surface area contributed by atoms with Crippen molar-refractivity contribution in [3.05, 3.63) is 29.8 Å². The van der Waals surface area contributed by atoms with Gasteiger partial charge in [-0.15, -0.1) is 0 Å². The Bertz CT molecular complexity index is 428. The average Bonchev–Trinajstić information content (AvgIpc) is 2.58. The molecule has 0 aliphatic carbocycles. The van der Waals surface area contributed by atoms with Gasteiger partial charge in [-0.3, -0.25) is 4.79 Å². The van der Waals surface area contributed by atoms with Gasteiger partial charge in [-0.2, -0.15) is 0 Å². The molecule has 0 fully saturated rings. The standard InChI is InChI=1S/C21H35NO2/c1-2-3-4-5-6-7-8-9-10-11-12-21(24)22-20-15-13-19(14-16-20)17-18-23/h13-16,23H,2-12,17-18H2,1H3,(H,22,24). The number of benzene rings is 1. The predicted molar refractivity (Wildman–Crippen MR) is 102 cm³/mol. The van der Waals surface area contributed by atoms with Crippen molar-refractivity contribution in [2.24, 2.45) is 0 Å². The number of aliphatic hydroxyl groups is 1. The largest absolute Gasteiger partial charge is 0.396 e. The zero-order chi connectivity index (χ0) is 17.5. The lowest BCUT2D eigenvalue weighted by Crippen LogP contribution is -2.11. The number of rotatable bonds is 14. The average molecular weight is 334 g/mol. The molecule has 0 aliphatic heterocycles. The molecule has 0 atom stereocenters. The second-order valence-electron chi connectivity index (χ2n) is 6.65. The highest BCUT2D eigenvalue weighted by molar-refractivity contribution is 5.90. The van der Waals surface area contributed by atoms with Gasteiger partial charge in [-0.05, 0) is 30.5 Å². The number of hydrogen-bond acceptors (Lipinski definition) is 2. The van der Waals surface area contributed by atoms with Gasteiger partial charge < -0.3 is 10.4 Å². The summed E-state index contributed by atoms with van der Waals surface area (Å²) in [5.41, 5.74) is 1.93. The van der Waals surface area contributed by atoms with Crippen LogP contribution in [0.5, 0.6) is 0 Å². The van der Waals surface area contributed by atoms with E-state index in [1.165, 1.54) is 51.4 Å². The lowest BCUT2D eigenvalue weighted by Gasteiger charge is -2.06. The van der Waals surface area contributed by atoms with Crippen molar-refractivity contribution in [3.8, 4) is 0 Å². The molecule has 3 nitrogen and oxygen atoms in total. The topological polar surface area (TPSA) is 49.3 Å². The van der Waals surface area contributed by atoms with E-state index in [1.807, 2.05) is 24.3 Å². The number of hydrogen-bond donors (Lipinski definition) is 2. The van der Waals surface area contributed by atoms with Crippen molar-refractivity contribution in [2.45, 2.75) is 84.0 Å². The van der Waals surface area contributed by atoms with Gasteiger partial charge in [0.15, 0.2) is 0 Å². The first-order valence-electron chi connectivity index (χ1n) is 9.76. The first-order valence-corrected chi connectivity index (χ1v) is 9.76. The van der Waals surface area contributed by atoms with Crippen LogP contribution in [-0.4, -0.2) is 17.6 Å². The number of nitrogens with one attached hydrogen (secondary N) is 1. The highest BCUT2D eigenvalue weighted by atomic mass is 16.2.